The first-order valence-electron chi connectivity index (χ1n) is 9.30. The predicted octanol–water partition coefficient (Wildman–Crippen LogP) is 2.99. The van der Waals surface area contributed by atoms with Gasteiger partial charge in [-0.3, -0.25) is 4.79 Å². The van der Waals surface area contributed by atoms with E-state index in [0.29, 0.717) is 19.3 Å². The maximum atomic E-state index is 11.3. The topological polar surface area (TPSA) is 68.2 Å². The van der Waals surface area contributed by atoms with Gasteiger partial charge >= 0.3 is 0 Å². The van der Waals surface area contributed by atoms with Crippen LogP contribution in [0.15, 0.2) is 18.2 Å². The molecule has 0 spiro atoms. The van der Waals surface area contributed by atoms with Gasteiger partial charge in [-0.1, -0.05) is 19.3 Å². The minimum Gasteiger partial charge on any atom is -0.371 e. The molecule has 2 aliphatic rings. The van der Waals surface area contributed by atoms with Crippen molar-refractivity contribution in [2.24, 2.45) is 0 Å². The number of imidazole rings is 1. The second kappa shape index (κ2) is 7.14. The van der Waals surface area contributed by atoms with E-state index < -0.39 is 0 Å². The molecule has 1 atom stereocenters. The minimum absolute atomic E-state index is 0.0683. The third-order valence-electron chi connectivity index (χ3n) is 5.24. The summed E-state index contributed by atoms with van der Waals surface area (Å²) in [6.45, 7) is 3.69. The highest BCUT2D eigenvalue weighted by molar-refractivity contribution is 5.91. The maximum absolute atomic E-state index is 11.3. The number of amides is 1. The van der Waals surface area contributed by atoms with Crippen molar-refractivity contribution in [1.82, 2.24) is 14.9 Å². The lowest BCUT2D eigenvalue weighted by Gasteiger charge is -2.30. The Bertz CT molecular complexity index is 764. The summed E-state index contributed by atoms with van der Waals surface area (Å²) in [6.07, 6.45) is 6.61. The van der Waals surface area contributed by atoms with Crippen LogP contribution in [0.5, 0.6) is 0 Å². The monoisotopic (exact) mass is 342 g/mol. The number of carbonyl (C=O) groups is 1. The molecule has 1 aliphatic heterocycles. The van der Waals surface area contributed by atoms with Gasteiger partial charge in [0, 0.05) is 25.2 Å². The van der Waals surface area contributed by atoms with Crippen molar-refractivity contribution < 1.29 is 9.53 Å². The molecule has 6 nitrogen and oxygen atoms in total. The molecule has 1 aliphatic carbocycles. The summed E-state index contributed by atoms with van der Waals surface area (Å²) in [4.78, 5) is 16.0. The molecule has 0 saturated heterocycles. The zero-order chi connectivity index (χ0) is 17.2. The van der Waals surface area contributed by atoms with E-state index in [1.807, 2.05) is 12.1 Å². The molecule has 1 aromatic heterocycles. The number of ether oxygens (including phenoxy) is 1. The number of fused-ring (bicyclic) bond motifs is 3. The molecule has 25 heavy (non-hydrogen) atoms. The molecule has 1 amide bonds. The fraction of sp³-hybridized carbons (Fsp3) is 0.579. The lowest BCUT2D eigenvalue weighted by atomic mass is 9.95. The van der Waals surface area contributed by atoms with Crippen LogP contribution in [0.2, 0.25) is 0 Å². The molecule has 1 saturated carbocycles. The molecule has 6 heteroatoms. The van der Waals surface area contributed by atoms with Crippen LogP contribution in [-0.4, -0.2) is 34.7 Å². The van der Waals surface area contributed by atoms with E-state index in [9.17, 15) is 4.79 Å². The Balaban J connectivity index is 1.55. The standard InChI is InChI=1S/C19H26N4O2/c1-13(24)21-15-7-8-18-17(9-15)22-19-12-25-11-16(23(18)19)10-20-14-5-3-2-4-6-14/h7-9,14,16,20H,2-6,10-12H2,1H3,(H,21,24). The van der Waals surface area contributed by atoms with Crippen molar-refractivity contribution in [2.45, 2.75) is 57.7 Å². The summed E-state index contributed by atoms with van der Waals surface area (Å²) in [6, 6.07) is 6.84. The van der Waals surface area contributed by atoms with Crippen LogP contribution in [0.1, 0.15) is 50.9 Å². The van der Waals surface area contributed by atoms with E-state index in [1.54, 1.807) is 0 Å². The Hall–Kier alpha value is -1.92. The summed E-state index contributed by atoms with van der Waals surface area (Å²) >= 11 is 0. The fourth-order valence-electron chi connectivity index (χ4n) is 4.06. The molecule has 134 valence electrons. The first kappa shape index (κ1) is 16.5. The number of nitrogens with one attached hydrogen (secondary N) is 2. The Morgan fingerprint density at radius 2 is 2.16 bits per heavy atom. The van der Waals surface area contributed by atoms with Crippen molar-refractivity contribution in [3.05, 3.63) is 24.0 Å². The second-order valence-corrected chi connectivity index (χ2v) is 7.19. The fourth-order valence-corrected chi connectivity index (χ4v) is 4.06. The largest absolute Gasteiger partial charge is 0.371 e. The minimum atomic E-state index is -0.0683. The first-order chi connectivity index (χ1) is 12.2. The van der Waals surface area contributed by atoms with E-state index in [1.165, 1.54) is 39.0 Å². The van der Waals surface area contributed by atoms with E-state index in [4.69, 9.17) is 9.72 Å². The number of hydrogen-bond donors (Lipinski definition) is 2. The van der Waals surface area contributed by atoms with Gasteiger partial charge in [0.05, 0.1) is 23.7 Å². The molecule has 4 rings (SSSR count). The van der Waals surface area contributed by atoms with E-state index >= 15 is 0 Å². The summed E-state index contributed by atoms with van der Waals surface area (Å²) in [5, 5.41) is 6.56. The second-order valence-electron chi connectivity index (χ2n) is 7.19. The number of anilines is 1. The molecule has 1 fully saturated rings. The van der Waals surface area contributed by atoms with Crippen LogP contribution in [0, 0.1) is 0 Å². The third-order valence-corrected chi connectivity index (χ3v) is 5.24. The van der Waals surface area contributed by atoms with E-state index in [-0.39, 0.29) is 11.9 Å². The highest BCUT2D eigenvalue weighted by atomic mass is 16.5. The number of hydrogen-bond acceptors (Lipinski definition) is 4. The van der Waals surface area contributed by atoms with Crippen molar-refractivity contribution in [2.75, 3.05) is 18.5 Å². The summed E-state index contributed by atoms with van der Waals surface area (Å²) in [5.74, 6) is 0.901. The van der Waals surface area contributed by atoms with Crippen LogP contribution < -0.4 is 10.6 Å². The molecule has 1 unspecified atom stereocenters. The first-order valence-corrected chi connectivity index (χ1v) is 9.30. The average molecular weight is 342 g/mol. The quantitative estimate of drug-likeness (QED) is 0.896. The molecule has 2 aromatic rings. The maximum Gasteiger partial charge on any atom is 0.221 e. The van der Waals surface area contributed by atoms with Gasteiger partial charge in [0.15, 0.2) is 0 Å². The van der Waals surface area contributed by atoms with Gasteiger partial charge in [-0.25, -0.2) is 4.98 Å². The van der Waals surface area contributed by atoms with E-state index in [2.05, 4.69) is 21.3 Å². The van der Waals surface area contributed by atoms with Gasteiger partial charge in [0.25, 0.3) is 0 Å². The molecule has 0 radical (unpaired) electrons. The van der Waals surface area contributed by atoms with Crippen LogP contribution in [0.4, 0.5) is 5.69 Å². The molecule has 2 heterocycles. The molecular formula is C19H26N4O2. The zero-order valence-electron chi connectivity index (χ0n) is 14.8. The van der Waals surface area contributed by atoms with Crippen molar-refractivity contribution >= 4 is 22.6 Å². The molecule has 2 N–H and O–H groups in total. The molecular weight excluding hydrogens is 316 g/mol. The lowest BCUT2D eigenvalue weighted by Crippen LogP contribution is -2.38. The third kappa shape index (κ3) is 3.55. The summed E-state index contributed by atoms with van der Waals surface area (Å²) in [5.41, 5.74) is 2.81. The van der Waals surface area contributed by atoms with Crippen LogP contribution in [0.3, 0.4) is 0 Å². The number of nitrogens with zero attached hydrogens (tertiary/aromatic N) is 2. The highest BCUT2D eigenvalue weighted by Crippen LogP contribution is 2.28. The van der Waals surface area contributed by atoms with E-state index in [0.717, 1.165) is 29.1 Å². The van der Waals surface area contributed by atoms with Gasteiger partial charge in [0.1, 0.15) is 12.4 Å². The van der Waals surface area contributed by atoms with Gasteiger partial charge in [-0.15, -0.1) is 0 Å². The summed E-state index contributed by atoms with van der Waals surface area (Å²) < 4.78 is 8.09. The SMILES string of the molecule is CC(=O)Nc1ccc2c(c1)nc1n2C(CNC2CCCCC2)COC1. The molecule has 0 bridgehead atoms. The van der Waals surface area contributed by atoms with Crippen molar-refractivity contribution in [1.29, 1.82) is 0 Å². The van der Waals surface area contributed by atoms with Gasteiger partial charge in [-0.2, -0.15) is 0 Å². The van der Waals surface area contributed by atoms with Crippen molar-refractivity contribution in [3.8, 4) is 0 Å². The number of rotatable bonds is 4. The summed E-state index contributed by atoms with van der Waals surface area (Å²) in [7, 11) is 0. The average Bonchev–Trinajstić information content (AvgIpc) is 2.98. The van der Waals surface area contributed by atoms with Crippen LogP contribution in [-0.2, 0) is 16.1 Å². The Labute approximate surface area is 147 Å². The van der Waals surface area contributed by atoms with Gasteiger partial charge < -0.3 is 19.9 Å². The number of benzene rings is 1. The Kier molecular flexibility index (Phi) is 4.72. The normalized spacial score (nSPS) is 21.2. The Morgan fingerprint density at radius 1 is 1.32 bits per heavy atom. The van der Waals surface area contributed by atoms with Gasteiger partial charge in [0.2, 0.25) is 5.91 Å². The Morgan fingerprint density at radius 3 is 2.96 bits per heavy atom. The smallest absolute Gasteiger partial charge is 0.221 e. The van der Waals surface area contributed by atoms with Crippen LogP contribution >= 0.6 is 0 Å². The number of aromatic nitrogens is 2. The predicted molar refractivity (Wildman–Crippen MR) is 97.6 cm³/mol. The zero-order valence-corrected chi connectivity index (χ0v) is 14.8. The molecule has 1 aromatic carbocycles. The highest BCUT2D eigenvalue weighted by Gasteiger charge is 2.25. The van der Waals surface area contributed by atoms with Crippen molar-refractivity contribution in [3.63, 3.8) is 0 Å². The lowest BCUT2D eigenvalue weighted by molar-refractivity contribution is -0.114. The van der Waals surface area contributed by atoms with Crippen LogP contribution in [0.25, 0.3) is 11.0 Å². The van der Waals surface area contributed by atoms with Gasteiger partial charge in [-0.05, 0) is 31.0 Å². The number of carbonyl (C=O) groups excluding carboxylic acids is 1.